The number of carbonyl (C=O) groups is 2. The van der Waals surface area contributed by atoms with Crippen molar-refractivity contribution >= 4 is 23.2 Å². The summed E-state index contributed by atoms with van der Waals surface area (Å²) < 4.78 is 0. The molecule has 22 heavy (non-hydrogen) atoms. The molecule has 2 amide bonds. The van der Waals surface area contributed by atoms with Crippen molar-refractivity contribution in [3.63, 3.8) is 0 Å². The fraction of sp³-hybridized carbons (Fsp3) is 0.294. The maximum Gasteiger partial charge on any atom is 0.264 e. The van der Waals surface area contributed by atoms with E-state index in [4.69, 9.17) is 0 Å². The van der Waals surface area contributed by atoms with Crippen molar-refractivity contribution in [2.24, 2.45) is 0 Å². The number of hydrogen-bond acceptors (Lipinski definition) is 3. The van der Waals surface area contributed by atoms with Gasteiger partial charge in [0.2, 0.25) is 5.91 Å². The minimum Gasteiger partial charge on any atom is -0.339 e. The Morgan fingerprint density at radius 3 is 2.50 bits per heavy atom. The SMILES string of the molecule is CC(=O)N1CCN(C(=O)c2cccs2)[C@@H](c2ccccc2)C1. The average molecular weight is 314 g/mol. The Morgan fingerprint density at radius 2 is 1.86 bits per heavy atom. The van der Waals surface area contributed by atoms with Crippen molar-refractivity contribution in [1.29, 1.82) is 0 Å². The van der Waals surface area contributed by atoms with E-state index in [1.807, 2.05) is 57.6 Å². The van der Waals surface area contributed by atoms with Gasteiger partial charge >= 0.3 is 0 Å². The van der Waals surface area contributed by atoms with Crippen LogP contribution >= 0.6 is 11.3 Å². The fourth-order valence-corrected chi connectivity index (χ4v) is 3.49. The lowest BCUT2D eigenvalue weighted by Crippen LogP contribution is -2.51. The first kappa shape index (κ1) is 14.8. The second kappa shape index (κ2) is 6.32. The highest BCUT2D eigenvalue weighted by Crippen LogP contribution is 2.28. The summed E-state index contributed by atoms with van der Waals surface area (Å²) in [6.45, 7) is 3.29. The van der Waals surface area contributed by atoms with Crippen LogP contribution in [0.1, 0.15) is 28.2 Å². The van der Waals surface area contributed by atoms with Gasteiger partial charge in [-0.15, -0.1) is 11.3 Å². The molecule has 0 unspecified atom stereocenters. The molecule has 114 valence electrons. The molecule has 0 N–H and O–H groups in total. The maximum atomic E-state index is 12.8. The van der Waals surface area contributed by atoms with Crippen LogP contribution in [0.15, 0.2) is 47.8 Å². The number of benzene rings is 1. The lowest BCUT2D eigenvalue weighted by atomic mass is 10.0. The molecular weight excluding hydrogens is 296 g/mol. The van der Waals surface area contributed by atoms with Crippen molar-refractivity contribution in [2.45, 2.75) is 13.0 Å². The van der Waals surface area contributed by atoms with Gasteiger partial charge in [-0.25, -0.2) is 0 Å². The maximum absolute atomic E-state index is 12.8. The normalized spacial score (nSPS) is 18.3. The second-order valence-corrected chi connectivity index (χ2v) is 6.32. The van der Waals surface area contributed by atoms with Gasteiger partial charge in [-0.1, -0.05) is 36.4 Å². The van der Waals surface area contributed by atoms with Crippen molar-refractivity contribution in [2.75, 3.05) is 19.6 Å². The van der Waals surface area contributed by atoms with Gasteiger partial charge < -0.3 is 9.80 Å². The Bertz CT molecular complexity index is 655. The molecule has 0 radical (unpaired) electrons. The first-order valence-corrected chi connectivity index (χ1v) is 8.19. The Kier molecular flexibility index (Phi) is 4.24. The molecule has 0 bridgehead atoms. The predicted molar refractivity (Wildman–Crippen MR) is 86.8 cm³/mol. The standard InChI is InChI=1S/C17H18N2O2S/c1-13(20)18-9-10-19(17(21)16-8-5-11-22-16)15(12-18)14-6-3-2-4-7-14/h2-8,11,15H,9-10,12H2,1H3/t15-/m1/s1. The van der Waals surface area contributed by atoms with E-state index in [0.29, 0.717) is 19.6 Å². The summed E-state index contributed by atoms with van der Waals surface area (Å²) in [4.78, 5) is 28.9. The van der Waals surface area contributed by atoms with Gasteiger partial charge in [0.25, 0.3) is 5.91 Å². The van der Waals surface area contributed by atoms with Crippen LogP contribution in [0.2, 0.25) is 0 Å². The molecule has 1 aromatic heterocycles. The summed E-state index contributed by atoms with van der Waals surface area (Å²) in [6, 6.07) is 13.6. The van der Waals surface area contributed by atoms with Crippen molar-refractivity contribution in [1.82, 2.24) is 9.80 Å². The van der Waals surface area contributed by atoms with E-state index in [-0.39, 0.29) is 17.9 Å². The molecule has 5 heteroatoms. The Labute approximate surface area is 134 Å². The highest BCUT2D eigenvalue weighted by atomic mass is 32.1. The van der Waals surface area contributed by atoms with E-state index in [0.717, 1.165) is 10.4 Å². The quantitative estimate of drug-likeness (QED) is 0.855. The van der Waals surface area contributed by atoms with E-state index in [1.165, 1.54) is 11.3 Å². The van der Waals surface area contributed by atoms with Crippen molar-refractivity contribution in [3.8, 4) is 0 Å². The van der Waals surface area contributed by atoms with Gasteiger partial charge in [0.15, 0.2) is 0 Å². The van der Waals surface area contributed by atoms with E-state index >= 15 is 0 Å². The third-order valence-electron chi connectivity index (χ3n) is 4.00. The van der Waals surface area contributed by atoms with Gasteiger partial charge in [0, 0.05) is 26.6 Å². The number of amides is 2. The molecule has 1 saturated heterocycles. The Balaban J connectivity index is 1.90. The van der Waals surface area contributed by atoms with Crippen LogP contribution in [0, 0.1) is 0 Å². The van der Waals surface area contributed by atoms with Crippen LogP contribution in [0.3, 0.4) is 0 Å². The first-order valence-electron chi connectivity index (χ1n) is 7.32. The van der Waals surface area contributed by atoms with E-state index < -0.39 is 0 Å². The predicted octanol–water partition coefficient (Wildman–Crippen LogP) is 2.79. The molecule has 4 nitrogen and oxygen atoms in total. The minimum atomic E-state index is -0.0894. The minimum absolute atomic E-state index is 0.0482. The van der Waals surface area contributed by atoms with Gasteiger partial charge in [0.05, 0.1) is 10.9 Å². The molecule has 2 aromatic rings. The van der Waals surface area contributed by atoms with E-state index in [2.05, 4.69) is 0 Å². The molecule has 1 aliphatic heterocycles. The summed E-state index contributed by atoms with van der Waals surface area (Å²) in [5, 5.41) is 1.91. The van der Waals surface area contributed by atoms with Gasteiger partial charge in [-0.2, -0.15) is 0 Å². The van der Waals surface area contributed by atoms with Crippen LogP contribution in [-0.2, 0) is 4.79 Å². The average Bonchev–Trinajstić information content (AvgIpc) is 3.09. The van der Waals surface area contributed by atoms with Crippen molar-refractivity contribution < 1.29 is 9.59 Å². The Morgan fingerprint density at radius 1 is 1.09 bits per heavy atom. The zero-order chi connectivity index (χ0) is 15.5. The van der Waals surface area contributed by atoms with E-state index in [9.17, 15) is 9.59 Å². The fourth-order valence-electron chi connectivity index (χ4n) is 2.81. The third-order valence-corrected chi connectivity index (χ3v) is 4.86. The molecule has 0 saturated carbocycles. The number of carbonyl (C=O) groups excluding carboxylic acids is 2. The number of piperazine rings is 1. The molecule has 2 heterocycles. The summed E-state index contributed by atoms with van der Waals surface area (Å²) in [5.41, 5.74) is 1.07. The summed E-state index contributed by atoms with van der Waals surface area (Å²) in [6.07, 6.45) is 0. The molecular formula is C17H18N2O2S. The highest BCUT2D eigenvalue weighted by molar-refractivity contribution is 7.12. The topological polar surface area (TPSA) is 40.6 Å². The van der Waals surface area contributed by atoms with Crippen LogP contribution in [-0.4, -0.2) is 41.2 Å². The third kappa shape index (κ3) is 2.90. The smallest absolute Gasteiger partial charge is 0.264 e. The highest BCUT2D eigenvalue weighted by Gasteiger charge is 2.33. The summed E-state index contributed by atoms with van der Waals surface area (Å²) in [7, 11) is 0. The number of rotatable bonds is 2. The largest absolute Gasteiger partial charge is 0.339 e. The van der Waals surface area contributed by atoms with Crippen LogP contribution in [0.4, 0.5) is 0 Å². The second-order valence-electron chi connectivity index (χ2n) is 5.37. The molecule has 0 aliphatic carbocycles. The number of nitrogens with zero attached hydrogens (tertiary/aromatic N) is 2. The molecule has 1 aromatic carbocycles. The zero-order valence-electron chi connectivity index (χ0n) is 12.4. The molecule has 1 aliphatic rings. The monoisotopic (exact) mass is 314 g/mol. The first-order chi connectivity index (χ1) is 10.7. The van der Waals surface area contributed by atoms with E-state index in [1.54, 1.807) is 6.92 Å². The lowest BCUT2D eigenvalue weighted by Gasteiger charge is -2.41. The number of thiophene rings is 1. The van der Waals surface area contributed by atoms with Gasteiger partial charge in [-0.05, 0) is 17.0 Å². The number of hydrogen-bond donors (Lipinski definition) is 0. The molecule has 1 fully saturated rings. The molecule has 1 atom stereocenters. The van der Waals surface area contributed by atoms with Gasteiger partial charge in [-0.3, -0.25) is 9.59 Å². The Hall–Kier alpha value is -2.14. The van der Waals surface area contributed by atoms with Crippen LogP contribution < -0.4 is 0 Å². The van der Waals surface area contributed by atoms with Crippen molar-refractivity contribution in [3.05, 3.63) is 58.3 Å². The van der Waals surface area contributed by atoms with Gasteiger partial charge in [0.1, 0.15) is 0 Å². The summed E-state index contributed by atoms with van der Waals surface area (Å²) in [5.74, 6) is 0.108. The molecule has 0 spiro atoms. The zero-order valence-corrected chi connectivity index (χ0v) is 13.3. The van der Waals surface area contributed by atoms with Crippen LogP contribution in [0.25, 0.3) is 0 Å². The molecule has 3 rings (SSSR count). The lowest BCUT2D eigenvalue weighted by molar-refractivity contribution is -0.131. The van der Waals surface area contributed by atoms with Crippen LogP contribution in [0.5, 0.6) is 0 Å². The summed E-state index contributed by atoms with van der Waals surface area (Å²) >= 11 is 1.46.